The molecule has 0 saturated heterocycles. The minimum absolute atomic E-state index is 0.433. The van der Waals surface area contributed by atoms with Gasteiger partial charge < -0.3 is 0 Å². The molecule has 0 fully saturated rings. The summed E-state index contributed by atoms with van der Waals surface area (Å²) < 4.78 is 0. The zero-order chi connectivity index (χ0) is 10.6. The third-order valence-electron chi connectivity index (χ3n) is 1.91. The largest absolute Gasteiger partial charge is 0.283 e. The topological polar surface area (TPSA) is 51.1 Å². The Balaban J connectivity index is 2.78. The Bertz CT molecular complexity index is 322. The Morgan fingerprint density at radius 2 is 2.14 bits per heavy atom. The van der Waals surface area contributed by atoms with E-state index in [9.17, 15) is 0 Å². The van der Waals surface area contributed by atoms with Crippen molar-refractivity contribution in [2.45, 2.75) is 6.92 Å². The van der Waals surface area contributed by atoms with Crippen LogP contribution in [0.2, 0.25) is 0 Å². The third kappa shape index (κ3) is 2.55. The van der Waals surface area contributed by atoms with Crippen LogP contribution < -0.4 is 11.0 Å². The van der Waals surface area contributed by atoms with E-state index in [1.807, 2.05) is 31.2 Å². The van der Waals surface area contributed by atoms with Crippen LogP contribution in [0.5, 0.6) is 0 Å². The average molecular weight is 192 g/mol. The molecular weight excluding hydrogens is 176 g/mol. The Hall–Kier alpha value is -1.39. The van der Waals surface area contributed by atoms with Crippen LogP contribution in [-0.4, -0.2) is 24.9 Å². The summed E-state index contributed by atoms with van der Waals surface area (Å²) >= 11 is 0. The molecule has 1 rings (SSSR count). The highest BCUT2D eigenvalue weighted by atomic mass is 15.7. The van der Waals surface area contributed by atoms with Gasteiger partial charge in [0.1, 0.15) is 5.84 Å². The predicted octanol–water partition coefficient (Wildman–Crippen LogP) is 0.891. The number of nitrogens with zero attached hydrogens (tertiary/aromatic N) is 1. The quantitative estimate of drug-likeness (QED) is 0.379. The van der Waals surface area contributed by atoms with Gasteiger partial charge in [0.2, 0.25) is 0 Å². The predicted molar refractivity (Wildman–Crippen MR) is 58.0 cm³/mol. The summed E-state index contributed by atoms with van der Waals surface area (Å²) in [4.78, 5) is 0. The van der Waals surface area contributed by atoms with Crippen molar-refractivity contribution in [2.24, 2.45) is 0 Å². The molecule has 0 aliphatic rings. The van der Waals surface area contributed by atoms with Gasteiger partial charge in [-0.15, -0.1) is 0 Å². The third-order valence-corrected chi connectivity index (χ3v) is 1.91. The van der Waals surface area contributed by atoms with E-state index in [0.717, 1.165) is 11.1 Å². The Labute approximate surface area is 84.4 Å². The highest BCUT2D eigenvalue weighted by molar-refractivity contribution is 5.95. The van der Waals surface area contributed by atoms with Gasteiger partial charge in [-0.25, -0.2) is 5.43 Å². The van der Waals surface area contributed by atoms with E-state index in [4.69, 9.17) is 5.41 Å². The summed E-state index contributed by atoms with van der Waals surface area (Å²) in [6.45, 7) is 2.02. The molecule has 4 nitrogen and oxygen atoms in total. The first-order valence-corrected chi connectivity index (χ1v) is 4.47. The van der Waals surface area contributed by atoms with E-state index in [1.165, 1.54) is 0 Å². The van der Waals surface area contributed by atoms with Crippen molar-refractivity contribution in [3.63, 3.8) is 0 Å². The summed E-state index contributed by atoms with van der Waals surface area (Å²) in [5.41, 5.74) is 7.65. The van der Waals surface area contributed by atoms with Gasteiger partial charge >= 0.3 is 0 Å². The molecule has 0 spiro atoms. The SMILES string of the molecule is CNNN(C)C(=N)c1cccc(C)c1. The van der Waals surface area contributed by atoms with E-state index >= 15 is 0 Å². The van der Waals surface area contributed by atoms with E-state index in [1.54, 1.807) is 19.1 Å². The van der Waals surface area contributed by atoms with Crippen molar-refractivity contribution in [1.82, 2.24) is 16.0 Å². The number of rotatable bonds is 3. The van der Waals surface area contributed by atoms with Crippen molar-refractivity contribution < 1.29 is 0 Å². The zero-order valence-electron chi connectivity index (χ0n) is 8.76. The Kier molecular flexibility index (Phi) is 3.62. The van der Waals surface area contributed by atoms with E-state index < -0.39 is 0 Å². The first-order chi connectivity index (χ1) is 6.65. The van der Waals surface area contributed by atoms with E-state index in [2.05, 4.69) is 11.0 Å². The van der Waals surface area contributed by atoms with Crippen LogP contribution in [0.15, 0.2) is 24.3 Å². The number of hydrogen-bond acceptors (Lipinski definition) is 3. The molecule has 0 aliphatic carbocycles. The van der Waals surface area contributed by atoms with Gasteiger partial charge in [-0.1, -0.05) is 23.8 Å². The molecule has 1 aromatic rings. The first kappa shape index (κ1) is 10.7. The summed E-state index contributed by atoms with van der Waals surface area (Å²) in [5.74, 6) is 0.433. The fourth-order valence-electron chi connectivity index (χ4n) is 1.21. The van der Waals surface area contributed by atoms with Crippen LogP contribution >= 0.6 is 0 Å². The highest BCUT2D eigenvalue weighted by Gasteiger charge is 2.05. The molecule has 14 heavy (non-hydrogen) atoms. The maximum atomic E-state index is 7.86. The first-order valence-electron chi connectivity index (χ1n) is 4.47. The molecule has 3 N–H and O–H groups in total. The molecule has 0 amide bonds. The molecule has 0 heterocycles. The van der Waals surface area contributed by atoms with Gasteiger partial charge in [-0.3, -0.25) is 10.4 Å². The summed E-state index contributed by atoms with van der Waals surface area (Å²) in [7, 11) is 3.56. The summed E-state index contributed by atoms with van der Waals surface area (Å²) in [6, 6.07) is 7.87. The molecule has 0 saturated carbocycles. The number of hydrogen-bond donors (Lipinski definition) is 3. The van der Waals surface area contributed by atoms with Crippen molar-refractivity contribution in [3.8, 4) is 0 Å². The van der Waals surface area contributed by atoms with Crippen LogP contribution in [0.3, 0.4) is 0 Å². The number of amidine groups is 1. The number of aryl methyl sites for hydroxylation is 1. The van der Waals surface area contributed by atoms with Gasteiger partial charge in [-0.2, -0.15) is 5.53 Å². The van der Waals surface area contributed by atoms with Gasteiger partial charge in [-0.05, 0) is 13.0 Å². The van der Waals surface area contributed by atoms with Crippen LogP contribution in [0, 0.1) is 12.3 Å². The van der Waals surface area contributed by atoms with Crippen molar-refractivity contribution in [1.29, 1.82) is 5.41 Å². The zero-order valence-corrected chi connectivity index (χ0v) is 8.76. The average Bonchev–Trinajstić information content (AvgIpc) is 2.17. The van der Waals surface area contributed by atoms with Gasteiger partial charge in [0, 0.05) is 19.7 Å². The van der Waals surface area contributed by atoms with Gasteiger partial charge in [0.05, 0.1) is 0 Å². The van der Waals surface area contributed by atoms with Gasteiger partial charge in [0.15, 0.2) is 0 Å². The van der Waals surface area contributed by atoms with Crippen molar-refractivity contribution in [3.05, 3.63) is 35.4 Å². The normalized spacial score (nSPS) is 9.93. The second-order valence-electron chi connectivity index (χ2n) is 3.14. The van der Waals surface area contributed by atoms with Crippen molar-refractivity contribution in [2.75, 3.05) is 14.1 Å². The number of nitrogens with one attached hydrogen (secondary N) is 3. The van der Waals surface area contributed by atoms with E-state index in [0.29, 0.717) is 5.84 Å². The minimum atomic E-state index is 0.433. The lowest BCUT2D eigenvalue weighted by Gasteiger charge is -2.20. The molecule has 0 unspecified atom stereocenters. The maximum Gasteiger partial charge on any atom is 0.143 e. The standard InChI is InChI=1S/C10H16N4/c1-8-5-4-6-9(7-8)10(11)14(3)13-12-2/h4-7,11-13H,1-3H3. The number of benzene rings is 1. The molecule has 0 aliphatic heterocycles. The Morgan fingerprint density at radius 1 is 1.43 bits per heavy atom. The lowest BCUT2D eigenvalue weighted by atomic mass is 10.1. The molecule has 0 atom stereocenters. The molecule has 4 heteroatoms. The lowest BCUT2D eigenvalue weighted by Crippen LogP contribution is -2.46. The minimum Gasteiger partial charge on any atom is -0.283 e. The second kappa shape index (κ2) is 4.74. The maximum absolute atomic E-state index is 7.86. The highest BCUT2D eigenvalue weighted by Crippen LogP contribution is 2.05. The molecule has 76 valence electrons. The molecular formula is C10H16N4. The van der Waals surface area contributed by atoms with Crippen LogP contribution in [0.25, 0.3) is 0 Å². The monoisotopic (exact) mass is 192 g/mol. The van der Waals surface area contributed by atoms with Crippen LogP contribution in [-0.2, 0) is 0 Å². The van der Waals surface area contributed by atoms with Crippen LogP contribution in [0.1, 0.15) is 11.1 Å². The summed E-state index contributed by atoms with van der Waals surface area (Å²) in [6.07, 6.45) is 0. The lowest BCUT2D eigenvalue weighted by molar-refractivity contribution is 0.318. The second-order valence-corrected chi connectivity index (χ2v) is 3.14. The molecule has 0 radical (unpaired) electrons. The van der Waals surface area contributed by atoms with Crippen molar-refractivity contribution >= 4 is 5.84 Å². The fourth-order valence-corrected chi connectivity index (χ4v) is 1.21. The summed E-state index contributed by atoms with van der Waals surface area (Å²) in [5, 5.41) is 9.48. The van der Waals surface area contributed by atoms with Gasteiger partial charge in [0.25, 0.3) is 0 Å². The molecule has 0 aromatic heterocycles. The smallest absolute Gasteiger partial charge is 0.143 e. The molecule has 1 aromatic carbocycles. The molecule has 0 bridgehead atoms. The number of hydrazine groups is 2. The Morgan fingerprint density at radius 3 is 2.71 bits per heavy atom. The van der Waals surface area contributed by atoms with Crippen LogP contribution in [0.4, 0.5) is 0 Å². The fraction of sp³-hybridized carbons (Fsp3) is 0.300. The van der Waals surface area contributed by atoms with E-state index in [-0.39, 0.29) is 0 Å².